The molecular weight excluding hydrogens is 267 g/mol. The summed E-state index contributed by atoms with van der Waals surface area (Å²) in [5.74, 6) is -0.0764. The van der Waals surface area contributed by atoms with Gasteiger partial charge in [0.05, 0.1) is 5.56 Å². The van der Waals surface area contributed by atoms with E-state index in [0.717, 1.165) is 0 Å². The molecule has 0 amide bonds. The van der Waals surface area contributed by atoms with Crippen LogP contribution in [-0.4, -0.2) is 0 Å². The quantitative estimate of drug-likeness (QED) is 0.873. The van der Waals surface area contributed by atoms with Crippen LogP contribution in [0.3, 0.4) is 0 Å². The first-order valence-corrected chi connectivity index (χ1v) is 5.84. The van der Waals surface area contributed by atoms with Gasteiger partial charge in [-0.05, 0) is 30.3 Å². The van der Waals surface area contributed by atoms with Crippen molar-refractivity contribution in [1.29, 1.82) is 5.26 Å². The van der Waals surface area contributed by atoms with E-state index in [4.69, 9.17) is 27.3 Å². The molecule has 0 aliphatic heterocycles. The second kappa shape index (κ2) is 5.59. The molecule has 0 saturated carbocycles. The van der Waals surface area contributed by atoms with Gasteiger partial charge in [0.1, 0.15) is 24.2 Å². The molecule has 3 nitrogen and oxygen atoms in total. The second-order valence-electron chi connectivity index (χ2n) is 3.89. The maximum Gasteiger partial charge on any atom is 0.137 e. The fourth-order valence-electron chi connectivity index (χ4n) is 1.56. The molecule has 5 heteroatoms. The summed E-state index contributed by atoms with van der Waals surface area (Å²) in [7, 11) is 0. The van der Waals surface area contributed by atoms with E-state index in [-0.39, 0.29) is 6.61 Å². The Balaban J connectivity index is 2.17. The van der Waals surface area contributed by atoms with Gasteiger partial charge in [0.25, 0.3) is 0 Å². The lowest BCUT2D eigenvalue weighted by Gasteiger charge is -2.09. The highest BCUT2D eigenvalue weighted by Crippen LogP contribution is 2.22. The van der Waals surface area contributed by atoms with Gasteiger partial charge in [-0.15, -0.1) is 0 Å². The van der Waals surface area contributed by atoms with Gasteiger partial charge in [-0.3, -0.25) is 0 Å². The van der Waals surface area contributed by atoms with Crippen molar-refractivity contribution >= 4 is 17.3 Å². The first-order valence-electron chi connectivity index (χ1n) is 5.46. The molecule has 19 heavy (non-hydrogen) atoms. The molecule has 0 fully saturated rings. The molecule has 0 saturated heterocycles. The van der Waals surface area contributed by atoms with Crippen LogP contribution in [0.15, 0.2) is 36.4 Å². The molecule has 2 rings (SSSR count). The molecule has 0 atom stereocenters. The fourth-order valence-corrected chi connectivity index (χ4v) is 1.71. The Kier molecular flexibility index (Phi) is 3.88. The monoisotopic (exact) mass is 276 g/mol. The first kappa shape index (κ1) is 13.2. The van der Waals surface area contributed by atoms with Gasteiger partial charge < -0.3 is 10.5 Å². The van der Waals surface area contributed by atoms with Gasteiger partial charge in [-0.2, -0.15) is 5.26 Å². The third kappa shape index (κ3) is 3.15. The maximum atomic E-state index is 13.6. The molecule has 96 valence electrons. The summed E-state index contributed by atoms with van der Waals surface area (Å²) >= 11 is 5.66. The van der Waals surface area contributed by atoms with Crippen LogP contribution < -0.4 is 10.5 Å². The van der Waals surface area contributed by atoms with E-state index in [1.807, 2.05) is 6.07 Å². The zero-order valence-corrected chi connectivity index (χ0v) is 10.6. The van der Waals surface area contributed by atoms with E-state index in [2.05, 4.69) is 0 Å². The molecule has 0 heterocycles. The molecule has 2 N–H and O–H groups in total. The van der Waals surface area contributed by atoms with Gasteiger partial charge in [0, 0.05) is 16.3 Å². The topological polar surface area (TPSA) is 59.0 Å². The molecule has 2 aromatic rings. The van der Waals surface area contributed by atoms with Crippen LogP contribution in [0.1, 0.15) is 11.1 Å². The highest BCUT2D eigenvalue weighted by Gasteiger charge is 2.07. The summed E-state index contributed by atoms with van der Waals surface area (Å²) in [6, 6.07) is 11.0. The van der Waals surface area contributed by atoms with E-state index in [1.165, 1.54) is 12.1 Å². The molecule has 2 aromatic carbocycles. The van der Waals surface area contributed by atoms with Crippen molar-refractivity contribution in [3.05, 3.63) is 58.4 Å². The summed E-state index contributed by atoms with van der Waals surface area (Å²) in [6.07, 6.45) is 0. The van der Waals surface area contributed by atoms with Crippen LogP contribution in [-0.2, 0) is 6.61 Å². The zero-order valence-electron chi connectivity index (χ0n) is 9.86. The van der Waals surface area contributed by atoms with Crippen LogP contribution >= 0.6 is 11.6 Å². The van der Waals surface area contributed by atoms with Crippen LogP contribution in [0, 0.1) is 17.1 Å². The van der Waals surface area contributed by atoms with Crippen LogP contribution in [0.4, 0.5) is 10.1 Å². The zero-order chi connectivity index (χ0) is 13.8. The Morgan fingerprint density at radius 1 is 1.26 bits per heavy atom. The van der Waals surface area contributed by atoms with Crippen molar-refractivity contribution in [3.8, 4) is 11.8 Å². The Morgan fingerprint density at radius 2 is 2.05 bits per heavy atom. The number of nitriles is 1. The molecule has 0 radical (unpaired) electrons. The smallest absolute Gasteiger partial charge is 0.137 e. The van der Waals surface area contributed by atoms with E-state index in [9.17, 15) is 4.39 Å². The Hall–Kier alpha value is -2.25. The first-order chi connectivity index (χ1) is 9.10. The second-order valence-corrected chi connectivity index (χ2v) is 4.33. The Labute approximate surface area is 115 Å². The number of anilines is 1. The average Bonchev–Trinajstić information content (AvgIpc) is 2.39. The lowest BCUT2D eigenvalue weighted by molar-refractivity contribution is 0.299. The number of halogens is 2. The number of hydrogen-bond acceptors (Lipinski definition) is 3. The lowest BCUT2D eigenvalue weighted by atomic mass is 10.2. The molecule has 0 unspecified atom stereocenters. The number of nitrogens with zero attached hydrogens (tertiary/aromatic N) is 1. The van der Waals surface area contributed by atoms with Gasteiger partial charge in [0.15, 0.2) is 0 Å². The molecule has 0 bridgehead atoms. The molecule has 0 spiro atoms. The van der Waals surface area contributed by atoms with Crippen molar-refractivity contribution in [2.24, 2.45) is 0 Å². The number of nitrogen functional groups attached to an aromatic ring is 1. The summed E-state index contributed by atoms with van der Waals surface area (Å²) < 4.78 is 19.0. The largest absolute Gasteiger partial charge is 0.487 e. The molecular formula is C14H10ClFN2O. The standard InChI is InChI=1S/C14H10ClFN2O/c15-11-2-1-9(13(16)6-11)8-19-14-4-3-12(18)5-10(14)7-17/h1-6H,8,18H2. The predicted octanol–water partition coefficient (Wildman–Crippen LogP) is 3.51. The average molecular weight is 277 g/mol. The van der Waals surface area contributed by atoms with Crippen molar-refractivity contribution in [3.63, 3.8) is 0 Å². The van der Waals surface area contributed by atoms with Gasteiger partial charge in [-0.25, -0.2) is 4.39 Å². The molecule has 0 aromatic heterocycles. The van der Waals surface area contributed by atoms with Crippen LogP contribution in [0.5, 0.6) is 5.75 Å². The fraction of sp³-hybridized carbons (Fsp3) is 0.0714. The minimum absolute atomic E-state index is 0.0155. The van der Waals surface area contributed by atoms with Crippen molar-refractivity contribution in [1.82, 2.24) is 0 Å². The minimum atomic E-state index is -0.443. The van der Waals surface area contributed by atoms with E-state index >= 15 is 0 Å². The summed E-state index contributed by atoms with van der Waals surface area (Å²) in [4.78, 5) is 0. The summed E-state index contributed by atoms with van der Waals surface area (Å²) in [6.45, 7) is 0.0155. The summed E-state index contributed by atoms with van der Waals surface area (Å²) in [5.41, 5.74) is 6.72. The predicted molar refractivity (Wildman–Crippen MR) is 71.3 cm³/mol. The van der Waals surface area contributed by atoms with Crippen molar-refractivity contribution < 1.29 is 9.13 Å². The normalized spacial score (nSPS) is 9.95. The van der Waals surface area contributed by atoms with Gasteiger partial charge >= 0.3 is 0 Å². The van der Waals surface area contributed by atoms with E-state index in [1.54, 1.807) is 24.3 Å². The SMILES string of the molecule is N#Cc1cc(N)ccc1OCc1ccc(Cl)cc1F. The minimum Gasteiger partial charge on any atom is -0.487 e. The van der Waals surface area contributed by atoms with Crippen molar-refractivity contribution in [2.45, 2.75) is 6.61 Å². The van der Waals surface area contributed by atoms with Crippen LogP contribution in [0.2, 0.25) is 5.02 Å². The number of rotatable bonds is 3. The number of ether oxygens (including phenoxy) is 1. The third-order valence-electron chi connectivity index (χ3n) is 2.52. The highest BCUT2D eigenvalue weighted by atomic mass is 35.5. The van der Waals surface area contributed by atoms with E-state index in [0.29, 0.717) is 27.6 Å². The number of benzene rings is 2. The lowest BCUT2D eigenvalue weighted by Crippen LogP contribution is -2.00. The van der Waals surface area contributed by atoms with E-state index < -0.39 is 5.82 Å². The maximum absolute atomic E-state index is 13.6. The van der Waals surface area contributed by atoms with Gasteiger partial charge in [0.2, 0.25) is 0 Å². The molecule has 0 aliphatic carbocycles. The third-order valence-corrected chi connectivity index (χ3v) is 2.76. The van der Waals surface area contributed by atoms with Crippen LogP contribution in [0.25, 0.3) is 0 Å². The number of hydrogen-bond donors (Lipinski definition) is 1. The molecule has 0 aliphatic rings. The highest BCUT2D eigenvalue weighted by molar-refractivity contribution is 6.30. The Morgan fingerprint density at radius 3 is 2.74 bits per heavy atom. The Bertz CT molecular complexity index is 652. The van der Waals surface area contributed by atoms with Crippen molar-refractivity contribution in [2.75, 3.05) is 5.73 Å². The van der Waals surface area contributed by atoms with Gasteiger partial charge in [-0.1, -0.05) is 17.7 Å². The summed E-state index contributed by atoms with van der Waals surface area (Å²) in [5, 5.41) is 9.28. The number of nitrogens with two attached hydrogens (primary N) is 1.